The van der Waals surface area contributed by atoms with E-state index in [1.807, 2.05) is 25.1 Å². The van der Waals surface area contributed by atoms with Crippen LogP contribution < -0.4 is 14.8 Å². The lowest BCUT2D eigenvalue weighted by Gasteiger charge is -2.15. The number of halogens is 1. The Morgan fingerprint density at radius 1 is 1.47 bits per heavy atom. The van der Waals surface area contributed by atoms with Gasteiger partial charge < -0.3 is 14.8 Å². The Labute approximate surface area is 111 Å². The molecule has 0 radical (unpaired) electrons. The van der Waals surface area contributed by atoms with Gasteiger partial charge in [0.15, 0.2) is 11.5 Å². The van der Waals surface area contributed by atoms with Crippen LogP contribution in [0.5, 0.6) is 11.5 Å². The van der Waals surface area contributed by atoms with E-state index in [4.69, 9.17) is 9.47 Å². The molecule has 0 heterocycles. The molecule has 1 aromatic carbocycles. The number of nitrogens with one attached hydrogen (secondary N) is 1. The summed E-state index contributed by atoms with van der Waals surface area (Å²) in [7, 11) is 1.64. The van der Waals surface area contributed by atoms with Crippen molar-refractivity contribution in [2.75, 3.05) is 20.3 Å². The molecular weight excluding hydrogens is 282 g/mol. The standard InChI is InChI=1S/C13H18BrNO2/c1-4-6-15-9-10-7-11(14)8-12(16-3)13(10)17-5-2/h4,7-8,15H,1,5-6,9H2,2-3H3. The molecule has 0 amide bonds. The van der Waals surface area contributed by atoms with Gasteiger partial charge in [-0.1, -0.05) is 22.0 Å². The van der Waals surface area contributed by atoms with Crippen molar-refractivity contribution >= 4 is 15.9 Å². The smallest absolute Gasteiger partial charge is 0.165 e. The third-order valence-electron chi connectivity index (χ3n) is 2.21. The Morgan fingerprint density at radius 2 is 2.24 bits per heavy atom. The van der Waals surface area contributed by atoms with Crippen molar-refractivity contribution in [3.05, 3.63) is 34.8 Å². The van der Waals surface area contributed by atoms with E-state index in [0.717, 1.165) is 34.6 Å². The van der Waals surface area contributed by atoms with Gasteiger partial charge in [-0.3, -0.25) is 0 Å². The van der Waals surface area contributed by atoms with Crippen LogP contribution in [0.2, 0.25) is 0 Å². The van der Waals surface area contributed by atoms with E-state index in [9.17, 15) is 0 Å². The second-order valence-electron chi connectivity index (χ2n) is 3.45. The third kappa shape index (κ3) is 4.06. The van der Waals surface area contributed by atoms with Crippen LogP contribution in [0.25, 0.3) is 0 Å². The van der Waals surface area contributed by atoms with Gasteiger partial charge in [-0.2, -0.15) is 0 Å². The minimum Gasteiger partial charge on any atom is -0.493 e. The molecule has 1 rings (SSSR count). The number of benzene rings is 1. The average Bonchev–Trinajstić information content (AvgIpc) is 2.32. The molecule has 0 aliphatic rings. The number of ether oxygens (including phenoxy) is 2. The highest BCUT2D eigenvalue weighted by atomic mass is 79.9. The third-order valence-corrected chi connectivity index (χ3v) is 2.67. The summed E-state index contributed by atoms with van der Waals surface area (Å²) < 4.78 is 11.9. The van der Waals surface area contributed by atoms with Crippen LogP contribution in [0, 0.1) is 0 Å². The summed E-state index contributed by atoms with van der Waals surface area (Å²) in [5.41, 5.74) is 1.07. The Hall–Kier alpha value is -1.00. The maximum atomic E-state index is 5.63. The molecule has 1 N–H and O–H groups in total. The van der Waals surface area contributed by atoms with Gasteiger partial charge in [0.05, 0.1) is 13.7 Å². The molecule has 0 aliphatic heterocycles. The molecular formula is C13H18BrNO2. The van der Waals surface area contributed by atoms with Crippen molar-refractivity contribution in [1.29, 1.82) is 0 Å². The number of hydrogen-bond donors (Lipinski definition) is 1. The van der Waals surface area contributed by atoms with Crippen LogP contribution in [0.4, 0.5) is 0 Å². The van der Waals surface area contributed by atoms with Crippen molar-refractivity contribution in [3.63, 3.8) is 0 Å². The fourth-order valence-electron chi connectivity index (χ4n) is 1.52. The highest BCUT2D eigenvalue weighted by Gasteiger charge is 2.11. The minimum atomic E-state index is 0.618. The van der Waals surface area contributed by atoms with Crippen molar-refractivity contribution in [3.8, 4) is 11.5 Å². The largest absolute Gasteiger partial charge is 0.493 e. The highest BCUT2D eigenvalue weighted by molar-refractivity contribution is 9.10. The summed E-state index contributed by atoms with van der Waals surface area (Å²) in [6.07, 6.45) is 1.83. The van der Waals surface area contributed by atoms with Crippen LogP contribution >= 0.6 is 15.9 Å². The van der Waals surface area contributed by atoms with Gasteiger partial charge in [0.1, 0.15) is 0 Å². The first-order chi connectivity index (χ1) is 8.22. The summed E-state index contributed by atoms with van der Waals surface area (Å²) in [5.74, 6) is 1.55. The van der Waals surface area contributed by atoms with Gasteiger partial charge in [-0.25, -0.2) is 0 Å². The summed E-state index contributed by atoms with van der Waals surface area (Å²) in [6.45, 7) is 7.74. The number of methoxy groups -OCH3 is 1. The van der Waals surface area contributed by atoms with E-state index in [-0.39, 0.29) is 0 Å². The molecule has 0 unspecified atom stereocenters. The Bertz CT molecular complexity index is 380. The molecule has 94 valence electrons. The van der Waals surface area contributed by atoms with Crippen molar-refractivity contribution in [2.45, 2.75) is 13.5 Å². The van der Waals surface area contributed by atoms with E-state index in [0.29, 0.717) is 6.61 Å². The van der Waals surface area contributed by atoms with Crippen LogP contribution in [-0.4, -0.2) is 20.3 Å². The zero-order valence-corrected chi connectivity index (χ0v) is 11.8. The fraction of sp³-hybridized carbons (Fsp3) is 0.385. The molecule has 0 aliphatic carbocycles. The van der Waals surface area contributed by atoms with E-state index in [1.165, 1.54) is 0 Å². The molecule has 0 aromatic heterocycles. The van der Waals surface area contributed by atoms with Crippen molar-refractivity contribution in [1.82, 2.24) is 5.32 Å². The normalized spacial score (nSPS) is 10.1. The molecule has 0 atom stereocenters. The number of rotatable bonds is 7. The van der Waals surface area contributed by atoms with Crippen molar-refractivity contribution in [2.24, 2.45) is 0 Å². The molecule has 0 spiro atoms. The predicted octanol–water partition coefficient (Wildman–Crippen LogP) is 3.13. The Morgan fingerprint density at radius 3 is 2.82 bits per heavy atom. The van der Waals surface area contributed by atoms with Gasteiger partial charge in [-0.15, -0.1) is 6.58 Å². The zero-order valence-electron chi connectivity index (χ0n) is 10.3. The maximum Gasteiger partial charge on any atom is 0.165 e. The fourth-order valence-corrected chi connectivity index (χ4v) is 2.01. The Kier molecular flexibility index (Phi) is 6.08. The van der Waals surface area contributed by atoms with E-state index in [2.05, 4.69) is 27.8 Å². The molecule has 0 saturated carbocycles. The van der Waals surface area contributed by atoms with Crippen LogP contribution in [0.15, 0.2) is 29.3 Å². The highest BCUT2D eigenvalue weighted by Crippen LogP contribution is 2.34. The first kappa shape index (κ1) is 14.1. The topological polar surface area (TPSA) is 30.5 Å². The minimum absolute atomic E-state index is 0.618. The maximum absolute atomic E-state index is 5.63. The summed E-state index contributed by atoms with van der Waals surface area (Å²) in [6, 6.07) is 3.94. The van der Waals surface area contributed by atoms with Gasteiger partial charge in [0, 0.05) is 23.1 Å². The molecule has 0 fully saturated rings. The number of hydrogen-bond acceptors (Lipinski definition) is 3. The predicted molar refractivity (Wildman–Crippen MR) is 73.8 cm³/mol. The average molecular weight is 300 g/mol. The molecule has 4 heteroatoms. The van der Waals surface area contributed by atoms with Gasteiger partial charge in [0.25, 0.3) is 0 Å². The second-order valence-corrected chi connectivity index (χ2v) is 4.36. The lowest BCUT2D eigenvalue weighted by atomic mass is 10.2. The van der Waals surface area contributed by atoms with Crippen LogP contribution in [-0.2, 0) is 6.54 Å². The van der Waals surface area contributed by atoms with Gasteiger partial charge in [0.2, 0.25) is 0 Å². The first-order valence-corrected chi connectivity index (χ1v) is 6.33. The zero-order chi connectivity index (χ0) is 12.7. The quantitative estimate of drug-likeness (QED) is 0.620. The van der Waals surface area contributed by atoms with Crippen LogP contribution in [0.3, 0.4) is 0 Å². The second kappa shape index (κ2) is 7.35. The summed E-state index contributed by atoms with van der Waals surface area (Å²) in [4.78, 5) is 0. The van der Waals surface area contributed by atoms with E-state index in [1.54, 1.807) is 7.11 Å². The lowest BCUT2D eigenvalue weighted by molar-refractivity contribution is 0.306. The summed E-state index contributed by atoms with van der Waals surface area (Å²) >= 11 is 3.46. The lowest BCUT2D eigenvalue weighted by Crippen LogP contribution is -2.14. The molecule has 17 heavy (non-hydrogen) atoms. The summed E-state index contributed by atoms with van der Waals surface area (Å²) in [5, 5.41) is 3.25. The molecule has 3 nitrogen and oxygen atoms in total. The molecule has 0 bridgehead atoms. The van der Waals surface area contributed by atoms with Crippen molar-refractivity contribution < 1.29 is 9.47 Å². The van der Waals surface area contributed by atoms with Gasteiger partial charge >= 0.3 is 0 Å². The molecule has 1 aromatic rings. The van der Waals surface area contributed by atoms with E-state index < -0.39 is 0 Å². The monoisotopic (exact) mass is 299 g/mol. The van der Waals surface area contributed by atoms with Crippen LogP contribution in [0.1, 0.15) is 12.5 Å². The van der Waals surface area contributed by atoms with E-state index >= 15 is 0 Å². The first-order valence-electron chi connectivity index (χ1n) is 5.53. The SMILES string of the molecule is C=CCNCc1cc(Br)cc(OC)c1OCC. The molecule has 0 saturated heterocycles. The Balaban J connectivity index is 2.97. The van der Waals surface area contributed by atoms with Gasteiger partial charge in [-0.05, 0) is 19.1 Å².